The number of nitrogens with one attached hydrogen (secondary N) is 1. The van der Waals surface area contributed by atoms with E-state index >= 15 is 0 Å². The molecule has 4 rings (SSSR count). The summed E-state index contributed by atoms with van der Waals surface area (Å²) in [6.45, 7) is 7.99. The van der Waals surface area contributed by atoms with Crippen LogP contribution in [-0.2, 0) is 4.74 Å². The average molecular weight is 319 g/mol. The van der Waals surface area contributed by atoms with Gasteiger partial charge in [0.2, 0.25) is 0 Å². The maximum atomic E-state index is 6.05. The fourth-order valence-electron chi connectivity index (χ4n) is 5.78. The Morgan fingerprint density at radius 3 is 2.83 bits per heavy atom. The van der Waals surface area contributed by atoms with Crippen LogP contribution in [0.2, 0.25) is 0 Å². The Labute approximate surface area is 141 Å². The molecule has 2 aliphatic heterocycles. The number of aliphatic imine (C=N–C) groups is 1. The second kappa shape index (κ2) is 5.94. The van der Waals surface area contributed by atoms with Crippen LogP contribution in [0.1, 0.15) is 52.4 Å². The lowest BCUT2D eigenvalue weighted by Crippen LogP contribution is -2.72. The predicted octanol–water partition coefficient (Wildman–Crippen LogP) is 2.89. The Morgan fingerprint density at radius 1 is 1.35 bits per heavy atom. The molecule has 0 aromatic rings. The van der Waals surface area contributed by atoms with Crippen LogP contribution in [0, 0.1) is 23.2 Å². The molecule has 0 aromatic carbocycles. The third-order valence-electron chi connectivity index (χ3n) is 6.92. The van der Waals surface area contributed by atoms with E-state index in [1.807, 2.05) is 7.05 Å². The molecule has 4 heteroatoms. The fourth-order valence-corrected chi connectivity index (χ4v) is 5.78. The topological polar surface area (TPSA) is 36.9 Å². The van der Waals surface area contributed by atoms with E-state index in [1.165, 1.54) is 51.6 Å². The minimum atomic E-state index is 0.439. The molecule has 0 aromatic heterocycles. The molecule has 0 radical (unpaired) electrons. The number of rotatable bonds is 3. The highest BCUT2D eigenvalue weighted by Gasteiger charge is 2.66. The van der Waals surface area contributed by atoms with Crippen LogP contribution in [-0.4, -0.2) is 49.7 Å². The van der Waals surface area contributed by atoms with Crippen LogP contribution < -0.4 is 5.32 Å². The number of hydrogen-bond donors (Lipinski definition) is 1. The molecule has 0 amide bonds. The van der Waals surface area contributed by atoms with Crippen molar-refractivity contribution in [2.75, 3.05) is 26.7 Å². The first-order valence-corrected chi connectivity index (χ1v) is 9.74. The van der Waals surface area contributed by atoms with E-state index in [-0.39, 0.29) is 0 Å². The van der Waals surface area contributed by atoms with Gasteiger partial charge in [-0.3, -0.25) is 4.99 Å². The van der Waals surface area contributed by atoms with Crippen molar-refractivity contribution in [2.45, 2.75) is 64.5 Å². The molecule has 2 aliphatic carbocycles. The van der Waals surface area contributed by atoms with Crippen molar-refractivity contribution in [1.29, 1.82) is 0 Å². The van der Waals surface area contributed by atoms with Crippen LogP contribution >= 0.6 is 0 Å². The summed E-state index contributed by atoms with van der Waals surface area (Å²) in [5.41, 5.74) is 0.439. The molecule has 1 spiro atoms. The average Bonchev–Trinajstić information content (AvgIpc) is 3.06. The standard InChI is InChI=1S/C19H33N3O/c1-13(2)11-14-5-9-22(12-14)18(20-3)21-16-15-6-10-23-17(15)19(16)7-4-8-19/h13-17H,4-12H2,1-3H3,(H,20,21). The highest BCUT2D eigenvalue weighted by molar-refractivity contribution is 5.80. The molecule has 0 bridgehead atoms. The van der Waals surface area contributed by atoms with Crippen LogP contribution in [0.15, 0.2) is 4.99 Å². The molecule has 4 fully saturated rings. The Hall–Kier alpha value is -0.770. The Bertz CT molecular complexity index is 471. The summed E-state index contributed by atoms with van der Waals surface area (Å²) >= 11 is 0. The van der Waals surface area contributed by atoms with Crippen molar-refractivity contribution in [3.63, 3.8) is 0 Å². The molecular weight excluding hydrogens is 286 g/mol. The van der Waals surface area contributed by atoms with Crippen molar-refractivity contribution in [3.8, 4) is 0 Å². The lowest BCUT2D eigenvalue weighted by atomic mass is 9.46. The number of hydrogen-bond acceptors (Lipinski definition) is 2. The highest BCUT2D eigenvalue weighted by atomic mass is 16.5. The molecule has 2 heterocycles. The summed E-state index contributed by atoms with van der Waals surface area (Å²) in [6, 6.07) is 0.603. The number of ether oxygens (including phenoxy) is 1. The van der Waals surface area contributed by atoms with Crippen molar-refractivity contribution in [3.05, 3.63) is 0 Å². The van der Waals surface area contributed by atoms with E-state index < -0.39 is 0 Å². The largest absolute Gasteiger partial charge is 0.377 e. The lowest BCUT2D eigenvalue weighted by molar-refractivity contribution is -0.171. The third kappa shape index (κ3) is 2.48. The number of fused-ring (bicyclic) bond motifs is 2. The van der Waals surface area contributed by atoms with E-state index in [0.29, 0.717) is 17.6 Å². The van der Waals surface area contributed by atoms with Gasteiger partial charge in [0.15, 0.2) is 5.96 Å². The quantitative estimate of drug-likeness (QED) is 0.642. The van der Waals surface area contributed by atoms with Gasteiger partial charge in [-0.25, -0.2) is 0 Å². The molecule has 4 nitrogen and oxygen atoms in total. The van der Waals surface area contributed by atoms with Crippen molar-refractivity contribution < 1.29 is 4.74 Å². The summed E-state index contributed by atoms with van der Waals surface area (Å²) in [4.78, 5) is 7.14. The Kier molecular flexibility index (Phi) is 4.07. The lowest BCUT2D eigenvalue weighted by Gasteiger charge is -2.63. The van der Waals surface area contributed by atoms with Gasteiger partial charge in [-0.15, -0.1) is 0 Å². The SMILES string of the molecule is CN=C(NC1C2CCOC2C12CCC2)N1CCC(CC(C)C)C1. The van der Waals surface area contributed by atoms with Gasteiger partial charge in [0.25, 0.3) is 0 Å². The first kappa shape index (κ1) is 15.7. The Morgan fingerprint density at radius 2 is 2.17 bits per heavy atom. The fraction of sp³-hybridized carbons (Fsp3) is 0.947. The third-order valence-corrected chi connectivity index (χ3v) is 6.92. The van der Waals surface area contributed by atoms with Gasteiger partial charge in [0, 0.05) is 44.1 Å². The monoisotopic (exact) mass is 319 g/mol. The smallest absolute Gasteiger partial charge is 0.193 e. The zero-order chi connectivity index (χ0) is 16.0. The van der Waals surface area contributed by atoms with Crippen molar-refractivity contribution in [2.24, 2.45) is 28.2 Å². The summed E-state index contributed by atoms with van der Waals surface area (Å²) in [7, 11) is 1.95. The molecule has 1 N–H and O–H groups in total. The molecule has 130 valence electrons. The summed E-state index contributed by atoms with van der Waals surface area (Å²) in [5.74, 6) is 3.52. The second-order valence-electron chi connectivity index (χ2n) is 8.73. The molecule has 23 heavy (non-hydrogen) atoms. The van der Waals surface area contributed by atoms with Gasteiger partial charge < -0.3 is 15.0 Å². The van der Waals surface area contributed by atoms with Gasteiger partial charge in [0.1, 0.15) is 0 Å². The first-order valence-electron chi connectivity index (χ1n) is 9.74. The molecule has 4 unspecified atom stereocenters. The predicted molar refractivity (Wildman–Crippen MR) is 93.5 cm³/mol. The number of guanidine groups is 1. The zero-order valence-corrected chi connectivity index (χ0v) is 15.1. The molecule has 4 atom stereocenters. The van der Waals surface area contributed by atoms with Crippen LogP contribution in [0.5, 0.6) is 0 Å². The molecule has 2 saturated carbocycles. The van der Waals surface area contributed by atoms with Gasteiger partial charge in [-0.05, 0) is 43.9 Å². The van der Waals surface area contributed by atoms with E-state index in [1.54, 1.807) is 0 Å². The minimum Gasteiger partial charge on any atom is -0.377 e. The van der Waals surface area contributed by atoms with E-state index in [9.17, 15) is 0 Å². The zero-order valence-electron chi connectivity index (χ0n) is 15.1. The van der Waals surface area contributed by atoms with E-state index in [2.05, 4.69) is 29.1 Å². The molecule has 2 saturated heterocycles. The normalized spacial score (nSPS) is 38.6. The summed E-state index contributed by atoms with van der Waals surface area (Å²) in [6.07, 6.45) is 8.51. The summed E-state index contributed by atoms with van der Waals surface area (Å²) < 4.78 is 6.05. The van der Waals surface area contributed by atoms with E-state index in [0.717, 1.165) is 30.3 Å². The maximum Gasteiger partial charge on any atom is 0.193 e. The number of nitrogens with zero attached hydrogens (tertiary/aromatic N) is 2. The van der Waals surface area contributed by atoms with Crippen molar-refractivity contribution >= 4 is 5.96 Å². The highest BCUT2D eigenvalue weighted by Crippen LogP contribution is 2.62. The van der Waals surface area contributed by atoms with Gasteiger partial charge in [-0.2, -0.15) is 0 Å². The van der Waals surface area contributed by atoms with Crippen LogP contribution in [0.25, 0.3) is 0 Å². The molecule has 4 aliphatic rings. The summed E-state index contributed by atoms with van der Waals surface area (Å²) in [5, 5.41) is 3.88. The number of likely N-dealkylation sites (tertiary alicyclic amines) is 1. The van der Waals surface area contributed by atoms with E-state index in [4.69, 9.17) is 4.74 Å². The Balaban J connectivity index is 1.39. The minimum absolute atomic E-state index is 0.439. The maximum absolute atomic E-state index is 6.05. The van der Waals surface area contributed by atoms with Gasteiger partial charge in [-0.1, -0.05) is 20.3 Å². The first-order chi connectivity index (χ1) is 11.1. The van der Waals surface area contributed by atoms with Crippen LogP contribution in [0.3, 0.4) is 0 Å². The van der Waals surface area contributed by atoms with Crippen LogP contribution in [0.4, 0.5) is 0 Å². The van der Waals surface area contributed by atoms with Gasteiger partial charge in [0.05, 0.1) is 6.10 Å². The second-order valence-corrected chi connectivity index (χ2v) is 8.73. The molecular formula is C19H33N3O. The van der Waals surface area contributed by atoms with Crippen molar-refractivity contribution in [1.82, 2.24) is 10.2 Å². The van der Waals surface area contributed by atoms with Gasteiger partial charge >= 0.3 is 0 Å².